The number of esters is 1. The first-order valence-corrected chi connectivity index (χ1v) is 14.6. The molecule has 5 aliphatic rings. The minimum absolute atomic E-state index is 0.0318. The number of fused-ring (bicyclic) bond motifs is 7. The Hall–Kier alpha value is -0.790. The fourth-order valence-electron chi connectivity index (χ4n) is 11.3. The summed E-state index contributed by atoms with van der Waals surface area (Å²) in [5, 5.41) is 0. The van der Waals surface area contributed by atoms with Crippen molar-refractivity contribution in [2.45, 2.75) is 120 Å². The lowest BCUT2D eigenvalue weighted by atomic mass is 9.32. The summed E-state index contributed by atoms with van der Waals surface area (Å²) in [7, 11) is 0. The van der Waals surface area contributed by atoms with Crippen LogP contribution in [-0.2, 0) is 9.53 Å². The number of allylic oxidation sites excluding steroid dienone is 2. The average Bonchev–Trinajstić information content (AvgIpc) is 2.74. The van der Waals surface area contributed by atoms with Gasteiger partial charge in [0.05, 0.1) is 0 Å². The Morgan fingerprint density at radius 1 is 0.824 bits per heavy atom. The van der Waals surface area contributed by atoms with E-state index in [9.17, 15) is 4.79 Å². The van der Waals surface area contributed by atoms with Crippen molar-refractivity contribution in [1.82, 2.24) is 0 Å². The summed E-state index contributed by atoms with van der Waals surface area (Å²) in [6.45, 7) is 22.1. The predicted octanol–water partition coefficient (Wildman–Crippen LogP) is 8.45. The Morgan fingerprint density at radius 3 is 2.21 bits per heavy atom. The molecule has 0 N–H and O–H groups in total. The molecule has 2 heteroatoms. The van der Waals surface area contributed by atoms with Gasteiger partial charge in [-0.3, -0.25) is 4.79 Å². The van der Waals surface area contributed by atoms with Gasteiger partial charge in [-0.05, 0) is 109 Å². The number of carbonyl (C=O) groups excluding carboxylic acids is 1. The van der Waals surface area contributed by atoms with E-state index < -0.39 is 0 Å². The van der Waals surface area contributed by atoms with E-state index in [1.165, 1.54) is 44.9 Å². The molecule has 0 amide bonds. The van der Waals surface area contributed by atoms with Crippen molar-refractivity contribution >= 4 is 5.97 Å². The van der Waals surface area contributed by atoms with Gasteiger partial charge < -0.3 is 4.74 Å². The Kier molecular flexibility index (Phi) is 5.57. The number of ether oxygens (including phenoxy) is 1. The summed E-state index contributed by atoms with van der Waals surface area (Å²) in [5.74, 6) is 4.32. The molecule has 5 rings (SSSR count). The van der Waals surface area contributed by atoms with Crippen LogP contribution in [0, 0.1) is 62.6 Å². The second kappa shape index (κ2) is 7.61. The zero-order valence-electron chi connectivity index (χ0n) is 23.7. The zero-order valence-corrected chi connectivity index (χ0v) is 23.7. The maximum absolute atomic E-state index is 11.9. The molecule has 4 fully saturated rings. The summed E-state index contributed by atoms with van der Waals surface area (Å²) in [4.78, 5) is 11.9. The van der Waals surface area contributed by atoms with E-state index in [0.717, 1.165) is 30.1 Å². The van der Waals surface area contributed by atoms with Crippen molar-refractivity contribution in [2.75, 3.05) is 0 Å². The summed E-state index contributed by atoms with van der Waals surface area (Å²) in [6, 6.07) is 0. The van der Waals surface area contributed by atoms with Gasteiger partial charge in [0.25, 0.3) is 0 Å². The van der Waals surface area contributed by atoms with Crippen LogP contribution in [0.15, 0.2) is 12.2 Å². The second-order valence-corrected chi connectivity index (χ2v) is 15.3. The van der Waals surface area contributed by atoms with Crippen LogP contribution in [0.25, 0.3) is 0 Å². The normalized spacial score (nSPS) is 55.9. The molecule has 0 bridgehead atoms. The highest BCUT2D eigenvalue weighted by Gasteiger charge is 2.69. The molecule has 0 aromatic rings. The average molecular weight is 469 g/mol. The maximum Gasteiger partial charge on any atom is 0.302 e. The topological polar surface area (TPSA) is 26.3 Å². The van der Waals surface area contributed by atoms with Crippen LogP contribution in [-0.4, -0.2) is 12.1 Å². The van der Waals surface area contributed by atoms with E-state index in [2.05, 4.69) is 67.5 Å². The summed E-state index contributed by atoms with van der Waals surface area (Å²) in [5.41, 5.74) is 1.57. The summed E-state index contributed by atoms with van der Waals surface area (Å²) < 4.78 is 5.90. The van der Waals surface area contributed by atoms with E-state index in [0.29, 0.717) is 28.1 Å². The molecule has 0 aromatic heterocycles. The summed E-state index contributed by atoms with van der Waals surface area (Å²) in [6.07, 6.45) is 16.0. The Balaban J connectivity index is 1.54. The lowest BCUT2D eigenvalue weighted by Crippen LogP contribution is -2.66. The molecular formula is C32H52O2. The third kappa shape index (κ3) is 3.08. The molecular weight excluding hydrogens is 416 g/mol. The Labute approximate surface area is 210 Å². The number of hydrogen-bond acceptors (Lipinski definition) is 2. The number of hydrogen-bond donors (Lipinski definition) is 0. The van der Waals surface area contributed by atoms with Crippen molar-refractivity contribution in [2.24, 2.45) is 62.6 Å². The standard InChI is InChI=1S/C32H52O2/c1-20-12-15-29(6)18-19-31(8)23(27(29)21(20)2)10-11-25-30(7)16-14-26(34-22(3)33)28(4,5)24(30)13-17-32(25,31)9/h10-11,20-21,23-27H,12-19H2,1-9H3. The molecule has 0 spiro atoms. The monoisotopic (exact) mass is 468 g/mol. The van der Waals surface area contributed by atoms with Gasteiger partial charge in [0, 0.05) is 12.3 Å². The molecule has 11 unspecified atom stereocenters. The molecule has 11 atom stereocenters. The molecule has 4 saturated carbocycles. The van der Waals surface area contributed by atoms with Gasteiger partial charge in [-0.15, -0.1) is 0 Å². The van der Waals surface area contributed by atoms with Crippen LogP contribution in [0.2, 0.25) is 0 Å². The smallest absolute Gasteiger partial charge is 0.302 e. The van der Waals surface area contributed by atoms with Gasteiger partial charge in [-0.1, -0.05) is 67.5 Å². The van der Waals surface area contributed by atoms with E-state index in [4.69, 9.17) is 4.74 Å². The highest BCUT2D eigenvalue weighted by molar-refractivity contribution is 5.66. The highest BCUT2D eigenvalue weighted by atomic mass is 16.5. The number of carbonyl (C=O) groups is 1. The quantitative estimate of drug-likeness (QED) is 0.285. The van der Waals surface area contributed by atoms with Crippen LogP contribution in [0.3, 0.4) is 0 Å². The van der Waals surface area contributed by atoms with Crippen molar-refractivity contribution in [1.29, 1.82) is 0 Å². The zero-order chi connectivity index (χ0) is 24.9. The first-order chi connectivity index (χ1) is 15.7. The van der Waals surface area contributed by atoms with E-state index in [1.54, 1.807) is 6.92 Å². The lowest BCUT2D eigenvalue weighted by molar-refractivity contribution is -0.224. The van der Waals surface area contributed by atoms with Crippen LogP contribution in [0.4, 0.5) is 0 Å². The highest BCUT2D eigenvalue weighted by Crippen LogP contribution is 2.75. The molecule has 5 aliphatic carbocycles. The molecule has 34 heavy (non-hydrogen) atoms. The molecule has 0 aromatic carbocycles. The third-order valence-electron chi connectivity index (χ3n) is 13.7. The van der Waals surface area contributed by atoms with Gasteiger partial charge >= 0.3 is 5.97 Å². The van der Waals surface area contributed by atoms with Crippen molar-refractivity contribution in [3.8, 4) is 0 Å². The Morgan fingerprint density at radius 2 is 1.53 bits per heavy atom. The third-order valence-corrected chi connectivity index (χ3v) is 13.7. The van der Waals surface area contributed by atoms with Crippen LogP contribution >= 0.6 is 0 Å². The number of rotatable bonds is 1. The van der Waals surface area contributed by atoms with Gasteiger partial charge in [0.15, 0.2) is 0 Å². The fourth-order valence-corrected chi connectivity index (χ4v) is 11.3. The molecule has 192 valence electrons. The van der Waals surface area contributed by atoms with Crippen LogP contribution in [0.5, 0.6) is 0 Å². The molecule has 0 radical (unpaired) electrons. The fraction of sp³-hybridized carbons (Fsp3) is 0.906. The maximum atomic E-state index is 11.9. The van der Waals surface area contributed by atoms with Crippen molar-refractivity contribution < 1.29 is 9.53 Å². The van der Waals surface area contributed by atoms with Crippen LogP contribution in [0.1, 0.15) is 114 Å². The van der Waals surface area contributed by atoms with Gasteiger partial charge in [0.1, 0.15) is 6.10 Å². The van der Waals surface area contributed by atoms with Gasteiger partial charge in [-0.2, -0.15) is 0 Å². The van der Waals surface area contributed by atoms with E-state index in [-0.39, 0.29) is 22.9 Å². The predicted molar refractivity (Wildman–Crippen MR) is 140 cm³/mol. The van der Waals surface area contributed by atoms with E-state index >= 15 is 0 Å². The van der Waals surface area contributed by atoms with Crippen molar-refractivity contribution in [3.63, 3.8) is 0 Å². The molecule has 0 aliphatic heterocycles. The first-order valence-electron chi connectivity index (χ1n) is 14.6. The second-order valence-electron chi connectivity index (χ2n) is 15.3. The molecule has 0 saturated heterocycles. The van der Waals surface area contributed by atoms with Gasteiger partial charge in [-0.25, -0.2) is 0 Å². The lowest BCUT2D eigenvalue weighted by Gasteiger charge is -2.72. The summed E-state index contributed by atoms with van der Waals surface area (Å²) >= 11 is 0. The Bertz CT molecular complexity index is 872. The van der Waals surface area contributed by atoms with E-state index in [1.807, 2.05) is 0 Å². The minimum atomic E-state index is -0.115. The first kappa shape index (κ1) is 24.9. The molecule has 0 heterocycles. The minimum Gasteiger partial charge on any atom is -0.462 e. The van der Waals surface area contributed by atoms with Crippen LogP contribution < -0.4 is 0 Å². The van der Waals surface area contributed by atoms with Crippen molar-refractivity contribution in [3.05, 3.63) is 12.2 Å². The SMILES string of the molecule is CC(=O)OC1CCC2(C)C(CCC3(C)C2C=CC2C4C(C)C(C)CCC4(C)CCC23C)C1(C)C. The van der Waals surface area contributed by atoms with Gasteiger partial charge in [0.2, 0.25) is 0 Å². The largest absolute Gasteiger partial charge is 0.462 e. The molecule has 2 nitrogen and oxygen atoms in total.